The number of hydrogen-bond donors (Lipinski definition) is 2. The Kier molecular flexibility index (Phi) is 5.35. The van der Waals surface area contributed by atoms with Crippen molar-refractivity contribution in [1.29, 1.82) is 0 Å². The molecule has 0 aromatic heterocycles. The molecule has 78 valence electrons. The van der Waals surface area contributed by atoms with Crippen molar-refractivity contribution < 1.29 is 5.11 Å². The number of likely N-dealkylation sites (tertiary alicyclic amines) is 1. The first-order chi connectivity index (χ1) is 6.34. The molecule has 1 unspecified atom stereocenters. The van der Waals surface area contributed by atoms with Gasteiger partial charge in [0.1, 0.15) is 0 Å². The molecule has 1 aliphatic heterocycles. The molecular formula is C10H22N2O. The van der Waals surface area contributed by atoms with Crippen molar-refractivity contribution in [3.8, 4) is 0 Å². The molecule has 0 radical (unpaired) electrons. The van der Waals surface area contributed by atoms with E-state index in [0.29, 0.717) is 6.04 Å². The maximum Gasteiger partial charge on any atom is 0.0555 e. The normalized spacial score (nSPS) is 21.7. The maximum atomic E-state index is 8.61. The maximum absolute atomic E-state index is 8.61. The fourth-order valence-corrected chi connectivity index (χ4v) is 1.88. The molecule has 0 aromatic carbocycles. The number of aliphatic hydroxyl groups excluding tert-OH is 1. The molecule has 0 bridgehead atoms. The third-order valence-electron chi connectivity index (χ3n) is 2.74. The number of piperidine rings is 1. The van der Waals surface area contributed by atoms with Gasteiger partial charge in [-0.1, -0.05) is 6.42 Å². The van der Waals surface area contributed by atoms with Crippen molar-refractivity contribution in [3.05, 3.63) is 0 Å². The Hall–Kier alpha value is -0.120. The zero-order valence-electron chi connectivity index (χ0n) is 8.63. The highest BCUT2D eigenvalue weighted by atomic mass is 16.3. The van der Waals surface area contributed by atoms with E-state index in [4.69, 9.17) is 5.11 Å². The predicted octanol–water partition coefficient (Wildman–Crippen LogP) is 0.443. The van der Waals surface area contributed by atoms with Gasteiger partial charge >= 0.3 is 0 Å². The molecule has 1 aliphatic rings. The van der Waals surface area contributed by atoms with Crippen molar-refractivity contribution >= 4 is 0 Å². The van der Waals surface area contributed by atoms with Crippen molar-refractivity contribution in [2.45, 2.75) is 32.2 Å². The SMILES string of the molecule is CC(CNCCO)N1CCCCC1. The zero-order chi connectivity index (χ0) is 9.52. The van der Waals surface area contributed by atoms with Gasteiger partial charge in [0, 0.05) is 19.1 Å². The lowest BCUT2D eigenvalue weighted by Crippen LogP contribution is -2.43. The summed E-state index contributed by atoms with van der Waals surface area (Å²) in [5.74, 6) is 0. The Morgan fingerprint density at radius 3 is 2.62 bits per heavy atom. The monoisotopic (exact) mass is 186 g/mol. The first-order valence-electron chi connectivity index (χ1n) is 5.40. The lowest BCUT2D eigenvalue weighted by molar-refractivity contribution is 0.168. The second-order valence-corrected chi connectivity index (χ2v) is 3.87. The van der Waals surface area contributed by atoms with E-state index in [1.807, 2.05) is 0 Å². The van der Waals surface area contributed by atoms with Gasteiger partial charge in [-0.25, -0.2) is 0 Å². The molecular weight excluding hydrogens is 164 g/mol. The van der Waals surface area contributed by atoms with Gasteiger partial charge in [0.25, 0.3) is 0 Å². The van der Waals surface area contributed by atoms with Gasteiger partial charge in [0.05, 0.1) is 6.61 Å². The summed E-state index contributed by atoms with van der Waals surface area (Å²) in [4.78, 5) is 2.54. The molecule has 3 heteroatoms. The molecule has 2 N–H and O–H groups in total. The highest BCUT2D eigenvalue weighted by Gasteiger charge is 2.15. The minimum atomic E-state index is 0.243. The van der Waals surface area contributed by atoms with E-state index >= 15 is 0 Å². The summed E-state index contributed by atoms with van der Waals surface area (Å²) in [5.41, 5.74) is 0. The number of aliphatic hydroxyl groups is 1. The first-order valence-corrected chi connectivity index (χ1v) is 5.40. The van der Waals surface area contributed by atoms with Gasteiger partial charge in [-0.2, -0.15) is 0 Å². The Balaban J connectivity index is 2.09. The van der Waals surface area contributed by atoms with Gasteiger partial charge < -0.3 is 10.4 Å². The van der Waals surface area contributed by atoms with E-state index in [2.05, 4.69) is 17.1 Å². The Labute approximate surface area is 81.1 Å². The summed E-state index contributed by atoms with van der Waals surface area (Å²) >= 11 is 0. The summed E-state index contributed by atoms with van der Waals surface area (Å²) in [7, 11) is 0. The van der Waals surface area contributed by atoms with Crippen LogP contribution < -0.4 is 5.32 Å². The lowest BCUT2D eigenvalue weighted by atomic mass is 10.1. The average Bonchev–Trinajstić information content (AvgIpc) is 2.19. The van der Waals surface area contributed by atoms with Gasteiger partial charge in [-0.15, -0.1) is 0 Å². The summed E-state index contributed by atoms with van der Waals surface area (Å²) in [6, 6.07) is 0.617. The van der Waals surface area contributed by atoms with Crippen LogP contribution >= 0.6 is 0 Å². The smallest absolute Gasteiger partial charge is 0.0555 e. The fourth-order valence-electron chi connectivity index (χ4n) is 1.88. The predicted molar refractivity (Wildman–Crippen MR) is 54.8 cm³/mol. The second-order valence-electron chi connectivity index (χ2n) is 3.87. The topological polar surface area (TPSA) is 35.5 Å². The van der Waals surface area contributed by atoms with E-state index in [-0.39, 0.29) is 6.61 Å². The molecule has 0 saturated carbocycles. The number of hydrogen-bond acceptors (Lipinski definition) is 3. The zero-order valence-corrected chi connectivity index (χ0v) is 8.63. The van der Waals surface area contributed by atoms with Crippen LogP contribution in [-0.2, 0) is 0 Å². The van der Waals surface area contributed by atoms with E-state index < -0.39 is 0 Å². The Bertz CT molecular complexity index is 124. The quantitative estimate of drug-likeness (QED) is 0.612. The third-order valence-corrected chi connectivity index (χ3v) is 2.74. The van der Waals surface area contributed by atoms with E-state index in [0.717, 1.165) is 13.1 Å². The van der Waals surface area contributed by atoms with Crippen molar-refractivity contribution in [3.63, 3.8) is 0 Å². The minimum absolute atomic E-state index is 0.243. The minimum Gasteiger partial charge on any atom is -0.395 e. The van der Waals surface area contributed by atoms with Gasteiger partial charge in [0.15, 0.2) is 0 Å². The highest BCUT2D eigenvalue weighted by Crippen LogP contribution is 2.11. The van der Waals surface area contributed by atoms with Crippen molar-refractivity contribution in [2.75, 3.05) is 32.8 Å². The first kappa shape index (κ1) is 11.0. The second kappa shape index (κ2) is 6.35. The summed E-state index contributed by atoms with van der Waals surface area (Å²) in [5, 5.41) is 11.9. The molecule has 0 aromatic rings. The van der Waals surface area contributed by atoms with E-state index in [9.17, 15) is 0 Å². The Morgan fingerprint density at radius 1 is 1.31 bits per heavy atom. The molecule has 13 heavy (non-hydrogen) atoms. The van der Waals surface area contributed by atoms with Crippen LogP contribution in [0.4, 0.5) is 0 Å². The molecule has 0 amide bonds. The lowest BCUT2D eigenvalue weighted by Gasteiger charge is -2.32. The van der Waals surface area contributed by atoms with E-state index in [1.54, 1.807) is 0 Å². The van der Waals surface area contributed by atoms with Crippen LogP contribution in [0.3, 0.4) is 0 Å². The van der Waals surface area contributed by atoms with Crippen LogP contribution in [0, 0.1) is 0 Å². The molecule has 0 spiro atoms. The molecule has 3 nitrogen and oxygen atoms in total. The summed E-state index contributed by atoms with van der Waals surface area (Å²) < 4.78 is 0. The highest BCUT2D eigenvalue weighted by molar-refractivity contribution is 4.72. The van der Waals surface area contributed by atoms with Crippen LogP contribution in [0.2, 0.25) is 0 Å². The number of rotatable bonds is 5. The molecule has 1 saturated heterocycles. The van der Waals surface area contributed by atoms with Crippen molar-refractivity contribution in [1.82, 2.24) is 10.2 Å². The van der Waals surface area contributed by atoms with Crippen LogP contribution in [0.15, 0.2) is 0 Å². The molecule has 1 fully saturated rings. The Morgan fingerprint density at radius 2 is 2.00 bits per heavy atom. The number of nitrogens with zero attached hydrogens (tertiary/aromatic N) is 1. The fraction of sp³-hybridized carbons (Fsp3) is 1.00. The standard InChI is InChI=1S/C10H22N2O/c1-10(9-11-5-8-13)12-6-3-2-4-7-12/h10-11,13H,2-9H2,1H3. The molecule has 0 aliphatic carbocycles. The van der Waals surface area contributed by atoms with Gasteiger partial charge in [0.2, 0.25) is 0 Å². The summed E-state index contributed by atoms with van der Waals surface area (Å²) in [6.45, 7) is 6.73. The van der Waals surface area contributed by atoms with Crippen LogP contribution in [0.1, 0.15) is 26.2 Å². The van der Waals surface area contributed by atoms with Crippen molar-refractivity contribution in [2.24, 2.45) is 0 Å². The largest absolute Gasteiger partial charge is 0.395 e. The van der Waals surface area contributed by atoms with Crippen LogP contribution in [0.25, 0.3) is 0 Å². The average molecular weight is 186 g/mol. The van der Waals surface area contributed by atoms with Crippen LogP contribution in [-0.4, -0.2) is 48.8 Å². The summed E-state index contributed by atoms with van der Waals surface area (Å²) in [6.07, 6.45) is 4.10. The van der Waals surface area contributed by atoms with E-state index in [1.165, 1.54) is 32.4 Å². The number of nitrogens with one attached hydrogen (secondary N) is 1. The third kappa shape index (κ3) is 4.07. The van der Waals surface area contributed by atoms with Crippen LogP contribution in [0.5, 0.6) is 0 Å². The molecule has 1 heterocycles. The molecule has 1 rings (SSSR count). The van der Waals surface area contributed by atoms with Gasteiger partial charge in [-0.3, -0.25) is 4.90 Å². The molecule has 1 atom stereocenters. The van der Waals surface area contributed by atoms with Gasteiger partial charge in [-0.05, 0) is 32.9 Å².